The summed E-state index contributed by atoms with van der Waals surface area (Å²) in [6.07, 6.45) is 4.50. The second-order valence-corrected chi connectivity index (χ2v) is 8.48. The van der Waals surface area contributed by atoms with E-state index in [4.69, 9.17) is 0 Å². The van der Waals surface area contributed by atoms with Crippen LogP contribution in [0, 0.1) is 0 Å². The van der Waals surface area contributed by atoms with E-state index in [9.17, 15) is 8.42 Å². The molecule has 0 amide bonds. The van der Waals surface area contributed by atoms with Crippen molar-refractivity contribution in [1.82, 2.24) is 5.32 Å². The quantitative estimate of drug-likeness (QED) is 0.782. The average molecular weight is 287 g/mol. The number of thiophene rings is 1. The van der Waals surface area contributed by atoms with Crippen LogP contribution in [0.15, 0.2) is 6.07 Å². The predicted molar refractivity (Wildman–Crippen MR) is 77.0 cm³/mol. The van der Waals surface area contributed by atoms with Crippen LogP contribution < -0.4 is 5.32 Å². The highest BCUT2D eigenvalue weighted by Gasteiger charge is 2.14. The molecule has 0 spiro atoms. The number of hydrogen-bond acceptors (Lipinski definition) is 4. The molecule has 1 aromatic rings. The van der Waals surface area contributed by atoms with Crippen LogP contribution in [-0.4, -0.2) is 26.5 Å². The average Bonchev–Trinajstić information content (AvgIpc) is 2.89. The van der Waals surface area contributed by atoms with Gasteiger partial charge < -0.3 is 5.32 Å². The van der Waals surface area contributed by atoms with E-state index < -0.39 is 9.84 Å². The van der Waals surface area contributed by atoms with Gasteiger partial charge in [-0.05, 0) is 43.9 Å². The van der Waals surface area contributed by atoms with Gasteiger partial charge in [0, 0.05) is 22.1 Å². The van der Waals surface area contributed by atoms with Crippen LogP contribution in [0.4, 0.5) is 0 Å². The van der Waals surface area contributed by atoms with E-state index in [-0.39, 0.29) is 5.75 Å². The van der Waals surface area contributed by atoms with Crippen molar-refractivity contribution < 1.29 is 8.42 Å². The van der Waals surface area contributed by atoms with Gasteiger partial charge in [-0.2, -0.15) is 0 Å². The lowest BCUT2D eigenvalue weighted by Gasteiger charge is -2.03. The molecule has 0 saturated heterocycles. The van der Waals surface area contributed by atoms with E-state index in [2.05, 4.69) is 11.4 Å². The first-order chi connectivity index (χ1) is 8.61. The molecular weight excluding hydrogens is 266 g/mol. The summed E-state index contributed by atoms with van der Waals surface area (Å²) in [5.41, 5.74) is 1.53. The molecule has 0 aromatic carbocycles. The monoisotopic (exact) mass is 287 g/mol. The van der Waals surface area contributed by atoms with Gasteiger partial charge in [0.05, 0.1) is 5.75 Å². The van der Waals surface area contributed by atoms with Crippen molar-refractivity contribution in [2.75, 3.05) is 18.1 Å². The third-order valence-corrected chi connectivity index (χ3v) is 6.37. The molecule has 0 unspecified atom stereocenters. The molecule has 0 atom stereocenters. The van der Waals surface area contributed by atoms with Crippen LogP contribution in [0.2, 0.25) is 0 Å². The van der Waals surface area contributed by atoms with Gasteiger partial charge in [0.25, 0.3) is 0 Å². The van der Waals surface area contributed by atoms with Crippen molar-refractivity contribution in [2.45, 2.75) is 39.2 Å². The van der Waals surface area contributed by atoms with E-state index in [1.54, 1.807) is 11.8 Å². The van der Waals surface area contributed by atoms with Crippen LogP contribution in [0.25, 0.3) is 0 Å². The number of hydrogen-bond donors (Lipinski definition) is 1. The minimum Gasteiger partial charge on any atom is -0.312 e. The lowest BCUT2D eigenvalue weighted by atomic mass is 10.2. The summed E-state index contributed by atoms with van der Waals surface area (Å²) < 4.78 is 22.6. The zero-order valence-electron chi connectivity index (χ0n) is 10.9. The predicted octanol–water partition coefficient (Wildman–Crippen LogP) is 2.15. The lowest BCUT2D eigenvalue weighted by molar-refractivity contribution is 0.590. The fourth-order valence-corrected chi connectivity index (χ4v) is 4.35. The second-order valence-electron chi connectivity index (χ2n) is 4.78. The van der Waals surface area contributed by atoms with E-state index >= 15 is 0 Å². The summed E-state index contributed by atoms with van der Waals surface area (Å²) in [5.74, 6) is 0.558. The van der Waals surface area contributed by atoms with Gasteiger partial charge in [-0.1, -0.05) is 6.92 Å². The fourth-order valence-electron chi connectivity index (χ4n) is 2.25. The summed E-state index contributed by atoms with van der Waals surface area (Å²) in [6, 6.07) is 2.31. The maximum atomic E-state index is 11.3. The molecule has 1 aromatic heterocycles. The maximum absolute atomic E-state index is 11.3. The molecule has 102 valence electrons. The Labute approximate surface area is 114 Å². The van der Waals surface area contributed by atoms with Gasteiger partial charge in [-0.25, -0.2) is 8.42 Å². The van der Waals surface area contributed by atoms with E-state index in [0.29, 0.717) is 12.2 Å². The molecular formula is C13H21NO2S2. The normalized spacial score (nSPS) is 14.9. The molecule has 0 radical (unpaired) electrons. The molecule has 2 rings (SSSR count). The molecule has 1 aliphatic carbocycles. The molecule has 5 heteroatoms. The summed E-state index contributed by atoms with van der Waals surface area (Å²) in [7, 11) is -2.80. The number of fused-ring (bicyclic) bond motifs is 1. The Bertz CT molecular complexity index is 470. The second kappa shape index (κ2) is 6.17. The first kappa shape index (κ1) is 14.0. The topological polar surface area (TPSA) is 46.2 Å². The highest BCUT2D eigenvalue weighted by molar-refractivity contribution is 7.91. The van der Waals surface area contributed by atoms with Crippen LogP contribution in [0.1, 0.15) is 35.1 Å². The van der Waals surface area contributed by atoms with E-state index in [1.165, 1.54) is 29.7 Å². The zero-order valence-corrected chi connectivity index (χ0v) is 12.5. The summed E-state index contributed by atoms with van der Waals surface area (Å²) in [6.45, 7) is 3.36. The minimum absolute atomic E-state index is 0.255. The molecule has 0 fully saturated rings. The molecule has 18 heavy (non-hydrogen) atoms. The van der Waals surface area contributed by atoms with Crippen molar-refractivity contribution in [3.8, 4) is 0 Å². The number of rotatable bonds is 7. The Kier molecular flexibility index (Phi) is 4.81. The molecule has 1 heterocycles. The van der Waals surface area contributed by atoms with Gasteiger partial charge in [0.2, 0.25) is 0 Å². The highest BCUT2D eigenvalue weighted by Crippen LogP contribution is 2.30. The Morgan fingerprint density at radius 1 is 1.39 bits per heavy atom. The fraction of sp³-hybridized carbons (Fsp3) is 0.692. The minimum atomic E-state index is -2.80. The van der Waals surface area contributed by atoms with Crippen molar-refractivity contribution in [1.29, 1.82) is 0 Å². The Morgan fingerprint density at radius 2 is 2.22 bits per heavy atom. The Hall–Kier alpha value is -0.390. The summed E-state index contributed by atoms with van der Waals surface area (Å²) >= 11 is 1.91. The largest absolute Gasteiger partial charge is 0.312 e. The van der Waals surface area contributed by atoms with Crippen molar-refractivity contribution in [3.63, 3.8) is 0 Å². The van der Waals surface area contributed by atoms with Crippen LogP contribution in [0.5, 0.6) is 0 Å². The number of aryl methyl sites for hydroxylation is 2. The third-order valence-electron chi connectivity index (χ3n) is 3.35. The maximum Gasteiger partial charge on any atom is 0.150 e. The van der Waals surface area contributed by atoms with Crippen molar-refractivity contribution in [3.05, 3.63) is 21.4 Å². The zero-order chi connectivity index (χ0) is 13.0. The molecule has 0 aliphatic heterocycles. The molecule has 0 bridgehead atoms. The molecule has 1 N–H and O–H groups in total. The molecule has 0 saturated carbocycles. The van der Waals surface area contributed by atoms with Crippen LogP contribution in [-0.2, 0) is 29.2 Å². The van der Waals surface area contributed by atoms with E-state index in [0.717, 1.165) is 13.1 Å². The van der Waals surface area contributed by atoms with Crippen molar-refractivity contribution in [2.24, 2.45) is 0 Å². The number of nitrogens with one attached hydrogen (secondary N) is 1. The van der Waals surface area contributed by atoms with Gasteiger partial charge in [-0.15, -0.1) is 11.3 Å². The van der Waals surface area contributed by atoms with Crippen LogP contribution >= 0.6 is 11.3 Å². The van der Waals surface area contributed by atoms with Crippen molar-refractivity contribution >= 4 is 21.2 Å². The summed E-state index contributed by atoms with van der Waals surface area (Å²) in [4.78, 5) is 2.94. The summed E-state index contributed by atoms with van der Waals surface area (Å²) in [5, 5.41) is 3.33. The van der Waals surface area contributed by atoms with Gasteiger partial charge in [-0.3, -0.25) is 0 Å². The Morgan fingerprint density at radius 3 is 2.94 bits per heavy atom. The first-order valence-corrected chi connectivity index (χ1v) is 9.26. The lowest BCUT2D eigenvalue weighted by Crippen LogP contribution is -2.18. The first-order valence-electron chi connectivity index (χ1n) is 6.62. The van der Waals surface area contributed by atoms with Gasteiger partial charge in [0.15, 0.2) is 0 Å². The molecule has 3 nitrogen and oxygen atoms in total. The molecule has 1 aliphatic rings. The SMILES string of the molecule is CCS(=O)(=O)CCCNCc1cc2c(s1)CCC2. The Balaban J connectivity index is 1.66. The third kappa shape index (κ3) is 3.80. The van der Waals surface area contributed by atoms with Gasteiger partial charge in [0.1, 0.15) is 9.84 Å². The van der Waals surface area contributed by atoms with Crippen LogP contribution in [0.3, 0.4) is 0 Å². The smallest absolute Gasteiger partial charge is 0.150 e. The number of sulfone groups is 1. The highest BCUT2D eigenvalue weighted by atomic mass is 32.2. The van der Waals surface area contributed by atoms with Gasteiger partial charge >= 0.3 is 0 Å². The standard InChI is InChI=1S/C13H21NO2S2/c1-2-18(15,16)8-4-7-14-10-12-9-11-5-3-6-13(11)17-12/h9,14H,2-8,10H2,1H3. The van der Waals surface area contributed by atoms with E-state index in [1.807, 2.05) is 11.3 Å².